The standard InChI is InChI=1S/C8H16N2O4/c1-4(12)10-5-2-6(13)7(3-11)14-8(5)9/h5-8,11,13H,2-3,9H2,1H3,(H,10,12)/t5-,6+,7-,8-/m1/s1. The Morgan fingerprint density at radius 2 is 2.36 bits per heavy atom. The average molecular weight is 204 g/mol. The summed E-state index contributed by atoms with van der Waals surface area (Å²) in [4.78, 5) is 10.8. The van der Waals surface area contributed by atoms with Crippen LogP contribution in [0.3, 0.4) is 0 Å². The van der Waals surface area contributed by atoms with Gasteiger partial charge in [0.25, 0.3) is 0 Å². The Hall–Kier alpha value is -0.690. The molecule has 82 valence electrons. The van der Waals surface area contributed by atoms with Crippen LogP contribution >= 0.6 is 0 Å². The van der Waals surface area contributed by atoms with Gasteiger partial charge in [-0.3, -0.25) is 4.79 Å². The molecule has 1 saturated heterocycles. The van der Waals surface area contributed by atoms with Gasteiger partial charge in [0.1, 0.15) is 12.3 Å². The highest BCUT2D eigenvalue weighted by atomic mass is 16.5. The van der Waals surface area contributed by atoms with E-state index in [1.54, 1.807) is 0 Å². The van der Waals surface area contributed by atoms with E-state index in [0.29, 0.717) is 6.42 Å². The molecule has 1 fully saturated rings. The van der Waals surface area contributed by atoms with E-state index in [4.69, 9.17) is 15.6 Å². The number of aliphatic hydroxyl groups is 2. The fourth-order valence-electron chi connectivity index (χ4n) is 1.50. The van der Waals surface area contributed by atoms with Gasteiger partial charge in [-0.25, -0.2) is 0 Å². The Labute approximate surface area is 82.0 Å². The second-order valence-electron chi connectivity index (χ2n) is 3.43. The van der Waals surface area contributed by atoms with Crippen LogP contribution in [0.4, 0.5) is 0 Å². The van der Waals surface area contributed by atoms with Gasteiger partial charge in [-0.15, -0.1) is 0 Å². The first-order chi connectivity index (χ1) is 6.54. The molecule has 1 rings (SSSR count). The molecule has 0 saturated carbocycles. The molecule has 14 heavy (non-hydrogen) atoms. The lowest BCUT2D eigenvalue weighted by Gasteiger charge is -2.37. The van der Waals surface area contributed by atoms with Gasteiger partial charge in [0, 0.05) is 6.92 Å². The smallest absolute Gasteiger partial charge is 0.217 e. The van der Waals surface area contributed by atoms with Crippen molar-refractivity contribution >= 4 is 5.91 Å². The minimum atomic E-state index is -0.795. The van der Waals surface area contributed by atoms with Gasteiger partial charge in [0.2, 0.25) is 5.91 Å². The summed E-state index contributed by atoms with van der Waals surface area (Å²) in [5.74, 6) is -0.219. The summed E-state index contributed by atoms with van der Waals surface area (Å²) in [6.45, 7) is 1.10. The van der Waals surface area contributed by atoms with E-state index >= 15 is 0 Å². The lowest BCUT2D eigenvalue weighted by Crippen LogP contribution is -2.58. The van der Waals surface area contributed by atoms with E-state index in [0.717, 1.165) is 0 Å². The number of carbonyl (C=O) groups is 1. The molecule has 0 aliphatic carbocycles. The molecule has 0 radical (unpaired) electrons. The first kappa shape index (κ1) is 11.4. The third-order valence-electron chi connectivity index (χ3n) is 2.22. The molecule has 6 nitrogen and oxygen atoms in total. The van der Waals surface area contributed by atoms with Crippen LogP contribution in [0.2, 0.25) is 0 Å². The number of ether oxygens (including phenoxy) is 1. The molecule has 4 atom stereocenters. The lowest BCUT2D eigenvalue weighted by atomic mass is 10.00. The molecule has 6 heteroatoms. The molecule has 0 aromatic carbocycles. The van der Waals surface area contributed by atoms with Crippen molar-refractivity contribution in [2.24, 2.45) is 5.73 Å². The molecular weight excluding hydrogens is 188 g/mol. The number of nitrogens with one attached hydrogen (secondary N) is 1. The van der Waals surface area contributed by atoms with Crippen molar-refractivity contribution in [1.29, 1.82) is 0 Å². The predicted molar refractivity (Wildman–Crippen MR) is 48.2 cm³/mol. The Bertz CT molecular complexity index is 212. The maximum Gasteiger partial charge on any atom is 0.217 e. The minimum Gasteiger partial charge on any atom is -0.394 e. The molecule has 1 heterocycles. The molecule has 5 N–H and O–H groups in total. The monoisotopic (exact) mass is 204 g/mol. The van der Waals surface area contributed by atoms with Crippen molar-refractivity contribution in [3.05, 3.63) is 0 Å². The number of rotatable bonds is 2. The van der Waals surface area contributed by atoms with Crippen LogP contribution in [0.25, 0.3) is 0 Å². The molecule has 1 aliphatic heterocycles. The number of hydrogen-bond acceptors (Lipinski definition) is 5. The second kappa shape index (κ2) is 4.70. The summed E-state index contributed by atoms with van der Waals surface area (Å²) in [5.41, 5.74) is 5.60. The second-order valence-corrected chi connectivity index (χ2v) is 3.43. The van der Waals surface area contributed by atoms with Crippen LogP contribution in [0.15, 0.2) is 0 Å². The van der Waals surface area contributed by atoms with Crippen molar-refractivity contribution in [2.75, 3.05) is 6.61 Å². The third-order valence-corrected chi connectivity index (χ3v) is 2.22. The van der Waals surface area contributed by atoms with E-state index < -0.39 is 24.5 Å². The highest BCUT2D eigenvalue weighted by Crippen LogP contribution is 2.17. The highest BCUT2D eigenvalue weighted by Gasteiger charge is 2.35. The zero-order chi connectivity index (χ0) is 10.7. The predicted octanol–water partition coefficient (Wildman–Crippen LogP) is -2.08. The summed E-state index contributed by atoms with van der Waals surface area (Å²) < 4.78 is 5.12. The number of amides is 1. The van der Waals surface area contributed by atoms with Crippen molar-refractivity contribution in [1.82, 2.24) is 5.32 Å². The van der Waals surface area contributed by atoms with Gasteiger partial charge in [-0.05, 0) is 6.42 Å². The van der Waals surface area contributed by atoms with E-state index in [-0.39, 0.29) is 12.5 Å². The van der Waals surface area contributed by atoms with Crippen molar-refractivity contribution in [3.8, 4) is 0 Å². The van der Waals surface area contributed by atoms with Crippen LogP contribution < -0.4 is 11.1 Å². The quantitative estimate of drug-likeness (QED) is 0.413. The number of carbonyl (C=O) groups excluding carboxylic acids is 1. The van der Waals surface area contributed by atoms with Crippen LogP contribution in [-0.4, -0.2) is 47.2 Å². The van der Waals surface area contributed by atoms with E-state index in [1.807, 2.05) is 0 Å². The topological polar surface area (TPSA) is 105 Å². The van der Waals surface area contributed by atoms with Crippen LogP contribution in [0, 0.1) is 0 Å². The van der Waals surface area contributed by atoms with Gasteiger partial charge in [-0.2, -0.15) is 0 Å². The molecule has 0 aromatic rings. The van der Waals surface area contributed by atoms with Crippen LogP contribution in [-0.2, 0) is 9.53 Å². The molecule has 0 unspecified atom stereocenters. The third kappa shape index (κ3) is 2.65. The Morgan fingerprint density at radius 3 is 2.86 bits per heavy atom. The molecule has 1 amide bonds. The maximum atomic E-state index is 10.8. The van der Waals surface area contributed by atoms with Crippen molar-refractivity contribution in [3.63, 3.8) is 0 Å². The Morgan fingerprint density at radius 1 is 1.71 bits per heavy atom. The SMILES string of the molecule is CC(=O)N[C@@H]1C[C@H](O)[C@@H](CO)O[C@H]1N. The number of hydrogen-bond donors (Lipinski definition) is 4. The molecule has 0 aromatic heterocycles. The van der Waals surface area contributed by atoms with E-state index in [9.17, 15) is 9.90 Å². The fourth-order valence-corrected chi connectivity index (χ4v) is 1.50. The number of nitrogens with two attached hydrogens (primary N) is 1. The highest BCUT2D eigenvalue weighted by molar-refractivity contribution is 5.73. The first-order valence-corrected chi connectivity index (χ1v) is 4.51. The van der Waals surface area contributed by atoms with Gasteiger partial charge in [0.05, 0.1) is 18.8 Å². The van der Waals surface area contributed by atoms with Gasteiger partial charge >= 0.3 is 0 Å². The zero-order valence-electron chi connectivity index (χ0n) is 8.01. The van der Waals surface area contributed by atoms with Crippen molar-refractivity contribution < 1.29 is 19.7 Å². The summed E-state index contributed by atoms with van der Waals surface area (Å²) in [7, 11) is 0. The maximum absolute atomic E-state index is 10.8. The molecular formula is C8H16N2O4. The van der Waals surface area contributed by atoms with Gasteiger partial charge in [-0.1, -0.05) is 0 Å². The minimum absolute atomic E-state index is 0.219. The zero-order valence-corrected chi connectivity index (χ0v) is 8.01. The normalized spacial score (nSPS) is 38.0. The van der Waals surface area contributed by atoms with Crippen molar-refractivity contribution in [2.45, 2.75) is 37.8 Å². The van der Waals surface area contributed by atoms with E-state index in [2.05, 4.69) is 5.32 Å². The van der Waals surface area contributed by atoms with Gasteiger partial charge in [0.15, 0.2) is 0 Å². The van der Waals surface area contributed by atoms with E-state index in [1.165, 1.54) is 6.92 Å². The summed E-state index contributed by atoms with van der Waals surface area (Å²) in [6.07, 6.45) is -1.84. The average Bonchev–Trinajstić information content (AvgIpc) is 2.10. The molecule has 1 aliphatic rings. The Balaban J connectivity index is 2.52. The Kier molecular flexibility index (Phi) is 3.82. The fraction of sp³-hybridized carbons (Fsp3) is 0.875. The summed E-state index contributed by atoms with van der Waals surface area (Å²) >= 11 is 0. The largest absolute Gasteiger partial charge is 0.394 e. The molecule has 0 spiro atoms. The van der Waals surface area contributed by atoms with Crippen LogP contribution in [0.5, 0.6) is 0 Å². The summed E-state index contributed by atoms with van der Waals surface area (Å²) in [5, 5.41) is 20.9. The molecule has 0 bridgehead atoms. The summed E-state index contributed by atoms with van der Waals surface area (Å²) in [6, 6.07) is -0.398. The van der Waals surface area contributed by atoms with Crippen LogP contribution in [0.1, 0.15) is 13.3 Å². The lowest BCUT2D eigenvalue weighted by molar-refractivity contribution is -0.149. The first-order valence-electron chi connectivity index (χ1n) is 4.51. The van der Waals surface area contributed by atoms with Gasteiger partial charge < -0.3 is 26.0 Å². The number of aliphatic hydroxyl groups excluding tert-OH is 2.